The molecule has 2 aromatic carbocycles. The van der Waals surface area contributed by atoms with E-state index in [1.54, 1.807) is 25.1 Å². The second kappa shape index (κ2) is 9.32. The number of hydrogen-bond donors (Lipinski definition) is 1. The van der Waals surface area contributed by atoms with Crippen LogP contribution in [0.25, 0.3) is 11.3 Å². The number of rotatable bonds is 7. The lowest BCUT2D eigenvalue weighted by atomic mass is 10.0. The van der Waals surface area contributed by atoms with Crippen molar-refractivity contribution in [1.82, 2.24) is 4.98 Å². The zero-order chi connectivity index (χ0) is 22.7. The summed E-state index contributed by atoms with van der Waals surface area (Å²) in [5.41, 5.74) is 2.65. The number of fused-ring (bicyclic) bond motifs is 1. The highest BCUT2D eigenvalue weighted by molar-refractivity contribution is 7.14. The van der Waals surface area contributed by atoms with Gasteiger partial charge in [0.05, 0.1) is 11.4 Å². The summed E-state index contributed by atoms with van der Waals surface area (Å²) in [6.07, 6.45) is 0.419. The van der Waals surface area contributed by atoms with Gasteiger partial charge in [-0.05, 0) is 31.5 Å². The summed E-state index contributed by atoms with van der Waals surface area (Å²) in [6, 6.07) is 14.7. The average Bonchev–Trinajstić information content (AvgIpc) is 3.26. The molecule has 3 aromatic rings. The van der Waals surface area contributed by atoms with Crippen LogP contribution < -0.4 is 15.0 Å². The number of ether oxygens (including phenoxy) is 1. The van der Waals surface area contributed by atoms with Crippen LogP contribution in [0.1, 0.15) is 37.0 Å². The van der Waals surface area contributed by atoms with E-state index in [-0.39, 0.29) is 24.1 Å². The molecule has 0 spiro atoms. The summed E-state index contributed by atoms with van der Waals surface area (Å²) in [6.45, 7) is 3.37. The van der Waals surface area contributed by atoms with E-state index in [1.807, 2.05) is 42.6 Å². The Balaban J connectivity index is 1.53. The molecular formula is C24H23N3O4S. The van der Waals surface area contributed by atoms with Crippen molar-refractivity contribution in [1.29, 1.82) is 0 Å². The standard InChI is InChI=1S/C24H23N3O4S/c1-3-7-20(28)17-10-11-21-19(12-17)27(23(30)15(2)31-21)13-22(29)26-24-25-18(14-32-24)16-8-5-4-6-9-16/h4-6,8-12,14-15H,3,7,13H2,1-2H3,(H,25,26,29). The topological polar surface area (TPSA) is 88.6 Å². The van der Waals surface area contributed by atoms with Crippen molar-refractivity contribution in [2.24, 2.45) is 0 Å². The van der Waals surface area contributed by atoms with Crippen molar-refractivity contribution >= 4 is 39.8 Å². The molecule has 1 atom stereocenters. The molecule has 0 radical (unpaired) electrons. The molecule has 7 nitrogen and oxygen atoms in total. The summed E-state index contributed by atoms with van der Waals surface area (Å²) in [4.78, 5) is 43.7. The van der Waals surface area contributed by atoms with Gasteiger partial charge >= 0.3 is 0 Å². The predicted octanol–water partition coefficient (Wildman–Crippen LogP) is 4.55. The zero-order valence-corrected chi connectivity index (χ0v) is 18.6. The number of aromatic nitrogens is 1. The maximum atomic E-state index is 12.8. The number of ketones is 1. The maximum absolute atomic E-state index is 12.8. The van der Waals surface area contributed by atoms with Gasteiger partial charge in [-0.2, -0.15) is 0 Å². The molecule has 32 heavy (non-hydrogen) atoms. The van der Waals surface area contributed by atoms with E-state index >= 15 is 0 Å². The fourth-order valence-corrected chi connectivity index (χ4v) is 4.23. The molecule has 1 aliphatic rings. The van der Waals surface area contributed by atoms with Crippen LogP contribution in [0, 0.1) is 0 Å². The number of benzene rings is 2. The Morgan fingerprint density at radius 1 is 1.19 bits per heavy atom. The Morgan fingerprint density at radius 2 is 1.97 bits per heavy atom. The van der Waals surface area contributed by atoms with Crippen LogP contribution in [0.3, 0.4) is 0 Å². The highest BCUT2D eigenvalue weighted by atomic mass is 32.1. The number of Topliss-reactive ketones (excluding diaryl/α,β-unsaturated/α-hetero) is 1. The van der Waals surface area contributed by atoms with Gasteiger partial charge in [-0.25, -0.2) is 4.98 Å². The second-order valence-electron chi connectivity index (χ2n) is 7.49. The van der Waals surface area contributed by atoms with Gasteiger partial charge in [-0.15, -0.1) is 11.3 Å². The number of carbonyl (C=O) groups is 3. The molecule has 164 valence electrons. The molecule has 1 aromatic heterocycles. The van der Waals surface area contributed by atoms with Crippen LogP contribution in [-0.2, 0) is 9.59 Å². The van der Waals surface area contributed by atoms with Gasteiger partial charge in [0.2, 0.25) is 5.91 Å². The first-order valence-corrected chi connectivity index (χ1v) is 11.3. The monoisotopic (exact) mass is 449 g/mol. The van der Waals surface area contributed by atoms with Crippen LogP contribution in [0.5, 0.6) is 5.75 Å². The normalized spacial score (nSPS) is 15.1. The first-order chi connectivity index (χ1) is 15.5. The van der Waals surface area contributed by atoms with Crippen molar-refractivity contribution in [3.05, 3.63) is 59.5 Å². The van der Waals surface area contributed by atoms with E-state index in [1.165, 1.54) is 16.2 Å². The molecule has 1 unspecified atom stereocenters. The van der Waals surface area contributed by atoms with Crippen molar-refractivity contribution < 1.29 is 19.1 Å². The molecule has 8 heteroatoms. The molecule has 2 heterocycles. The number of nitrogens with one attached hydrogen (secondary N) is 1. The van der Waals surface area contributed by atoms with Crippen molar-refractivity contribution in [2.75, 3.05) is 16.8 Å². The highest BCUT2D eigenvalue weighted by Crippen LogP contribution is 2.35. The van der Waals surface area contributed by atoms with Gasteiger partial charge in [0.15, 0.2) is 17.0 Å². The van der Waals surface area contributed by atoms with Crippen molar-refractivity contribution in [2.45, 2.75) is 32.8 Å². The van der Waals surface area contributed by atoms with Crippen molar-refractivity contribution in [3.63, 3.8) is 0 Å². The SMILES string of the molecule is CCCC(=O)c1ccc2c(c1)N(CC(=O)Nc1nc(-c3ccccc3)cs1)C(=O)C(C)O2. The maximum Gasteiger partial charge on any atom is 0.268 e. The zero-order valence-electron chi connectivity index (χ0n) is 17.8. The molecular weight excluding hydrogens is 426 g/mol. The molecule has 0 bridgehead atoms. The summed E-state index contributed by atoms with van der Waals surface area (Å²) in [7, 11) is 0. The van der Waals surface area contributed by atoms with Crippen LogP contribution in [0.4, 0.5) is 10.8 Å². The Morgan fingerprint density at radius 3 is 2.72 bits per heavy atom. The van der Waals surface area contributed by atoms with Crippen LogP contribution in [-0.4, -0.2) is 35.2 Å². The second-order valence-corrected chi connectivity index (χ2v) is 8.35. The molecule has 0 fully saturated rings. The quantitative estimate of drug-likeness (QED) is 0.535. The smallest absolute Gasteiger partial charge is 0.268 e. The Labute approximate surface area is 190 Å². The van der Waals surface area contributed by atoms with Gasteiger partial charge in [0, 0.05) is 22.9 Å². The lowest BCUT2D eigenvalue weighted by Gasteiger charge is -2.32. The van der Waals surface area contributed by atoms with Gasteiger partial charge in [-0.3, -0.25) is 19.3 Å². The third-order valence-electron chi connectivity index (χ3n) is 5.09. The summed E-state index contributed by atoms with van der Waals surface area (Å²) in [5, 5.41) is 5.09. The highest BCUT2D eigenvalue weighted by Gasteiger charge is 2.33. The fraction of sp³-hybridized carbons (Fsp3) is 0.250. The third-order valence-corrected chi connectivity index (χ3v) is 5.85. The van der Waals surface area contributed by atoms with Gasteiger partial charge in [0.1, 0.15) is 12.3 Å². The number of amides is 2. The van der Waals surface area contributed by atoms with Gasteiger partial charge in [-0.1, -0.05) is 37.3 Å². The minimum atomic E-state index is -0.725. The average molecular weight is 450 g/mol. The van der Waals surface area contributed by atoms with Gasteiger partial charge in [0.25, 0.3) is 5.91 Å². The van der Waals surface area contributed by atoms with E-state index in [0.29, 0.717) is 28.6 Å². The van der Waals surface area contributed by atoms with Crippen molar-refractivity contribution in [3.8, 4) is 17.0 Å². The van der Waals surface area contributed by atoms with Crippen LogP contribution >= 0.6 is 11.3 Å². The number of nitrogens with zero attached hydrogens (tertiary/aromatic N) is 2. The van der Waals surface area contributed by atoms with Crippen LogP contribution in [0.2, 0.25) is 0 Å². The number of carbonyl (C=O) groups excluding carboxylic acids is 3. The number of anilines is 2. The minimum Gasteiger partial charge on any atom is -0.479 e. The molecule has 1 aliphatic heterocycles. The van der Waals surface area contributed by atoms with E-state index in [4.69, 9.17) is 4.74 Å². The molecule has 0 saturated carbocycles. The molecule has 0 aliphatic carbocycles. The fourth-order valence-electron chi connectivity index (χ4n) is 3.49. The third kappa shape index (κ3) is 4.55. The van der Waals surface area contributed by atoms with Crippen LogP contribution in [0.15, 0.2) is 53.9 Å². The predicted molar refractivity (Wildman–Crippen MR) is 124 cm³/mol. The summed E-state index contributed by atoms with van der Waals surface area (Å²) < 4.78 is 5.68. The Kier molecular flexibility index (Phi) is 6.32. The largest absolute Gasteiger partial charge is 0.479 e. The van der Waals surface area contributed by atoms with E-state index in [2.05, 4.69) is 10.3 Å². The first-order valence-electron chi connectivity index (χ1n) is 10.4. The Hall–Kier alpha value is -3.52. The minimum absolute atomic E-state index is 0.0120. The lowest BCUT2D eigenvalue weighted by molar-refractivity contribution is -0.127. The van der Waals surface area contributed by atoms with Gasteiger partial charge < -0.3 is 10.1 Å². The van der Waals surface area contributed by atoms with E-state index in [9.17, 15) is 14.4 Å². The summed E-state index contributed by atoms with van der Waals surface area (Å²) in [5.74, 6) is -0.255. The molecule has 1 N–H and O–H groups in total. The number of hydrogen-bond acceptors (Lipinski definition) is 6. The molecule has 4 rings (SSSR count). The Bertz CT molecular complexity index is 1160. The molecule has 0 saturated heterocycles. The van der Waals surface area contributed by atoms with E-state index < -0.39 is 6.10 Å². The summed E-state index contributed by atoms with van der Waals surface area (Å²) >= 11 is 1.32. The lowest BCUT2D eigenvalue weighted by Crippen LogP contribution is -2.47. The van der Waals surface area contributed by atoms with E-state index in [0.717, 1.165) is 17.7 Å². The number of thiazole rings is 1. The first kappa shape index (κ1) is 21.7. The molecule has 2 amide bonds.